The van der Waals surface area contributed by atoms with Crippen LogP contribution >= 0.6 is 11.3 Å². The van der Waals surface area contributed by atoms with E-state index in [9.17, 15) is 4.79 Å². The predicted octanol–water partition coefficient (Wildman–Crippen LogP) is 2.75. The van der Waals surface area contributed by atoms with Crippen LogP contribution in [0.15, 0.2) is 41.1 Å². The Morgan fingerprint density at radius 2 is 1.94 bits per heavy atom. The van der Waals surface area contributed by atoms with Crippen molar-refractivity contribution < 1.29 is 4.79 Å². The van der Waals surface area contributed by atoms with Gasteiger partial charge in [-0.2, -0.15) is 11.3 Å². The zero-order chi connectivity index (χ0) is 12.3. The Bertz CT molecular complexity index is 491. The minimum absolute atomic E-state index is 0.0696. The Labute approximate surface area is 104 Å². The number of nitrogens with one attached hydrogen (secondary N) is 1. The minimum atomic E-state index is -0.104. The molecule has 0 aliphatic rings. The van der Waals surface area contributed by atoms with E-state index in [-0.39, 0.29) is 11.9 Å². The number of benzene rings is 1. The lowest BCUT2D eigenvalue weighted by molar-refractivity contribution is -0.114. The molecular formula is C13H14N2OS. The Balaban J connectivity index is 2.15. The zero-order valence-corrected chi connectivity index (χ0v) is 10.3. The summed E-state index contributed by atoms with van der Waals surface area (Å²) in [5, 5.41) is 6.79. The van der Waals surface area contributed by atoms with Gasteiger partial charge in [0.15, 0.2) is 0 Å². The molecule has 0 unspecified atom stereocenters. The third-order valence-electron chi connectivity index (χ3n) is 2.49. The summed E-state index contributed by atoms with van der Waals surface area (Å²) in [6.45, 7) is 1.49. The van der Waals surface area contributed by atoms with Crippen molar-refractivity contribution in [1.82, 2.24) is 0 Å². The van der Waals surface area contributed by atoms with Crippen LogP contribution in [0.1, 0.15) is 24.1 Å². The lowest BCUT2D eigenvalue weighted by atomic mass is 10.0. The van der Waals surface area contributed by atoms with Crippen LogP contribution in [0.4, 0.5) is 5.69 Å². The molecule has 1 aromatic carbocycles. The smallest absolute Gasteiger partial charge is 0.221 e. The Morgan fingerprint density at radius 3 is 2.47 bits per heavy atom. The van der Waals surface area contributed by atoms with Crippen LogP contribution in [-0.2, 0) is 4.79 Å². The van der Waals surface area contributed by atoms with E-state index in [0.717, 1.165) is 16.8 Å². The van der Waals surface area contributed by atoms with Crippen LogP contribution < -0.4 is 11.1 Å². The number of hydrogen-bond acceptors (Lipinski definition) is 3. The normalized spacial score (nSPS) is 12.1. The summed E-state index contributed by atoms with van der Waals surface area (Å²) in [5.41, 5.74) is 9.07. The van der Waals surface area contributed by atoms with Gasteiger partial charge in [-0.15, -0.1) is 0 Å². The summed E-state index contributed by atoms with van der Waals surface area (Å²) in [7, 11) is 0. The molecule has 2 rings (SSSR count). The van der Waals surface area contributed by atoms with Crippen LogP contribution in [0.5, 0.6) is 0 Å². The third-order valence-corrected chi connectivity index (χ3v) is 3.19. The lowest BCUT2D eigenvalue weighted by Gasteiger charge is -2.11. The number of carbonyl (C=O) groups excluding carboxylic acids is 1. The third kappa shape index (κ3) is 2.93. The average molecular weight is 246 g/mol. The monoisotopic (exact) mass is 246 g/mol. The minimum Gasteiger partial charge on any atom is -0.326 e. The van der Waals surface area contributed by atoms with E-state index in [2.05, 4.69) is 5.32 Å². The number of rotatable bonds is 3. The first-order valence-electron chi connectivity index (χ1n) is 5.32. The molecule has 0 radical (unpaired) electrons. The maximum Gasteiger partial charge on any atom is 0.221 e. The lowest BCUT2D eigenvalue weighted by Crippen LogP contribution is -2.11. The van der Waals surface area contributed by atoms with E-state index >= 15 is 0 Å². The Kier molecular flexibility index (Phi) is 3.56. The first-order chi connectivity index (χ1) is 8.16. The molecule has 0 spiro atoms. The molecule has 1 amide bonds. The molecule has 2 aromatic rings. The molecule has 0 saturated carbocycles. The van der Waals surface area contributed by atoms with Gasteiger partial charge >= 0.3 is 0 Å². The molecule has 17 heavy (non-hydrogen) atoms. The van der Waals surface area contributed by atoms with E-state index in [4.69, 9.17) is 5.73 Å². The largest absolute Gasteiger partial charge is 0.326 e. The molecule has 0 aliphatic carbocycles. The van der Waals surface area contributed by atoms with E-state index in [1.807, 2.05) is 41.1 Å². The molecule has 0 aliphatic heterocycles. The maximum absolute atomic E-state index is 10.9. The van der Waals surface area contributed by atoms with Gasteiger partial charge in [0.25, 0.3) is 0 Å². The standard InChI is InChI=1S/C13H14N2OS/c1-9(16)15-12-4-2-10(3-5-12)13(14)11-6-7-17-8-11/h2-8,13H,14H2,1H3,(H,15,16)/t13-/m1/s1. The van der Waals surface area contributed by atoms with Gasteiger partial charge in [0.2, 0.25) is 5.91 Å². The van der Waals surface area contributed by atoms with Crippen molar-refractivity contribution in [3.05, 3.63) is 52.2 Å². The van der Waals surface area contributed by atoms with E-state index in [1.54, 1.807) is 11.3 Å². The second-order valence-electron chi connectivity index (χ2n) is 3.84. The van der Waals surface area contributed by atoms with Gasteiger partial charge in [-0.05, 0) is 40.1 Å². The summed E-state index contributed by atoms with van der Waals surface area (Å²) >= 11 is 1.64. The highest BCUT2D eigenvalue weighted by molar-refractivity contribution is 7.08. The SMILES string of the molecule is CC(=O)Nc1ccc([C@@H](N)c2ccsc2)cc1. The Morgan fingerprint density at radius 1 is 1.24 bits per heavy atom. The number of amides is 1. The maximum atomic E-state index is 10.9. The molecule has 0 fully saturated rings. The van der Waals surface area contributed by atoms with E-state index in [0.29, 0.717) is 0 Å². The Hall–Kier alpha value is -1.65. The second-order valence-corrected chi connectivity index (χ2v) is 4.62. The molecule has 88 valence electrons. The van der Waals surface area contributed by atoms with E-state index in [1.165, 1.54) is 6.92 Å². The topological polar surface area (TPSA) is 55.1 Å². The summed E-state index contributed by atoms with van der Waals surface area (Å²) in [6, 6.07) is 9.53. The summed E-state index contributed by atoms with van der Waals surface area (Å²) < 4.78 is 0. The molecule has 4 heteroatoms. The van der Waals surface area contributed by atoms with Crippen LogP contribution in [0, 0.1) is 0 Å². The number of thiophene rings is 1. The van der Waals surface area contributed by atoms with Crippen molar-refractivity contribution in [2.45, 2.75) is 13.0 Å². The van der Waals surface area contributed by atoms with Gasteiger partial charge in [0.1, 0.15) is 0 Å². The van der Waals surface area contributed by atoms with Crippen molar-refractivity contribution in [2.24, 2.45) is 5.73 Å². The molecule has 3 nitrogen and oxygen atoms in total. The fraction of sp³-hybridized carbons (Fsp3) is 0.154. The molecule has 3 N–H and O–H groups in total. The first-order valence-corrected chi connectivity index (χ1v) is 6.26. The van der Waals surface area contributed by atoms with Gasteiger partial charge in [-0.25, -0.2) is 0 Å². The molecular weight excluding hydrogens is 232 g/mol. The second kappa shape index (κ2) is 5.12. The molecule has 1 aromatic heterocycles. The van der Waals surface area contributed by atoms with Crippen LogP contribution in [0.3, 0.4) is 0 Å². The van der Waals surface area contributed by atoms with Crippen LogP contribution in [-0.4, -0.2) is 5.91 Å². The van der Waals surface area contributed by atoms with Gasteiger partial charge in [-0.3, -0.25) is 4.79 Å². The van der Waals surface area contributed by atoms with Crippen molar-refractivity contribution in [2.75, 3.05) is 5.32 Å². The van der Waals surface area contributed by atoms with Gasteiger partial charge in [0.05, 0.1) is 6.04 Å². The fourth-order valence-electron chi connectivity index (χ4n) is 1.62. The first kappa shape index (κ1) is 11.8. The molecule has 1 heterocycles. The highest BCUT2D eigenvalue weighted by Crippen LogP contribution is 2.22. The number of carbonyl (C=O) groups is 1. The number of hydrogen-bond donors (Lipinski definition) is 2. The quantitative estimate of drug-likeness (QED) is 0.875. The highest BCUT2D eigenvalue weighted by Gasteiger charge is 2.08. The van der Waals surface area contributed by atoms with Crippen LogP contribution in [0.2, 0.25) is 0 Å². The average Bonchev–Trinajstić information content (AvgIpc) is 2.82. The summed E-state index contributed by atoms with van der Waals surface area (Å²) in [6.07, 6.45) is 0. The zero-order valence-electron chi connectivity index (χ0n) is 9.51. The van der Waals surface area contributed by atoms with Gasteiger partial charge in [0, 0.05) is 12.6 Å². The van der Waals surface area contributed by atoms with E-state index < -0.39 is 0 Å². The van der Waals surface area contributed by atoms with Gasteiger partial charge in [-0.1, -0.05) is 12.1 Å². The van der Waals surface area contributed by atoms with Gasteiger partial charge < -0.3 is 11.1 Å². The highest BCUT2D eigenvalue weighted by atomic mass is 32.1. The number of nitrogens with two attached hydrogens (primary N) is 1. The molecule has 0 bridgehead atoms. The summed E-state index contributed by atoms with van der Waals surface area (Å²) in [5.74, 6) is -0.0696. The number of anilines is 1. The van der Waals surface area contributed by atoms with Crippen molar-refractivity contribution in [3.8, 4) is 0 Å². The van der Waals surface area contributed by atoms with Crippen LogP contribution in [0.25, 0.3) is 0 Å². The van der Waals surface area contributed by atoms with Crippen molar-refractivity contribution in [1.29, 1.82) is 0 Å². The fourth-order valence-corrected chi connectivity index (χ4v) is 2.32. The summed E-state index contributed by atoms with van der Waals surface area (Å²) in [4.78, 5) is 10.9. The van der Waals surface area contributed by atoms with Crippen molar-refractivity contribution in [3.63, 3.8) is 0 Å². The van der Waals surface area contributed by atoms with Crippen molar-refractivity contribution >= 4 is 22.9 Å². The molecule has 1 atom stereocenters. The predicted molar refractivity (Wildman–Crippen MR) is 71.1 cm³/mol. The molecule has 0 saturated heterocycles.